The molecule has 100 valence electrons. The normalized spacial score (nSPS) is 10.5. The van der Waals surface area contributed by atoms with E-state index < -0.39 is 0 Å². The Morgan fingerprint density at radius 1 is 1.32 bits per heavy atom. The highest BCUT2D eigenvalue weighted by Crippen LogP contribution is 2.32. The van der Waals surface area contributed by atoms with Crippen LogP contribution in [-0.4, -0.2) is 9.97 Å². The van der Waals surface area contributed by atoms with Crippen LogP contribution in [0.4, 0.5) is 5.82 Å². The summed E-state index contributed by atoms with van der Waals surface area (Å²) in [6.45, 7) is 4.04. The third-order valence-corrected chi connectivity index (χ3v) is 3.04. The summed E-state index contributed by atoms with van der Waals surface area (Å²) in [6, 6.07) is 5.60. The lowest BCUT2D eigenvalue weighted by atomic mass is 10.2. The number of benzene rings is 1. The van der Waals surface area contributed by atoms with Gasteiger partial charge in [0.15, 0.2) is 0 Å². The molecular formula is C14H16ClN3O. The highest BCUT2D eigenvalue weighted by molar-refractivity contribution is 6.32. The van der Waals surface area contributed by atoms with E-state index in [0.29, 0.717) is 22.5 Å². The first kappa shape index (κ1) is 13.6. The topological polar surface area (TPSA) is 61.0 Å². The second-order valence-corrected chi connectivity index (χ2v) is 4.74. The number of hydrogen-bond acceptors (Lipinski definition) is 4. The molecule has 0 amide bonds. The molecule has 0 atom stereocenters. The summed E-state index contributed by atoms with van der Waals surface area (Å²) >= 11 is 6.12. The van der Waals surface area contributed by atoms with Crippen LogP contribution in [0.5, 0.6) is 11.6 Å². The summed E-state index contributed by atoms with van der Waals surface area (Å²) in [5, 5.41) is 0.547. The van der Waals surface area contributed by atoms with Crippen LogP contribution >= 0.6 is 11.6 Å². The van der Waals surface area contributed by atoms with Gasteiger partial charge in [-0.2, -0.15) is 0 Å². The van der Waals surface area contributed by atoms with Gasteiger partial charge in [0.25, 0.3) is 0 Å². The van der Waals surface area contributed by atoms with Gasteiger partial charge in [-0.25, -0.2) is 9.97 Å². The predicted octanol–water partition coefficient (Wildman–Crippen LogP) is 3.77. The fraction of sp³-hybridized carbons (Fsp3) is 0.286. The maximum absolute atomic E-state index is 6.12. The van der Waals surface area contributed by atoms with Crippen molar-refractivity contribution in [3.05, 3.63) is 40.7 Å². The number of anilines is 1. The van der Waals surface area contributed by atoms with Crippen LogP contribution in [0.3, 0.4) is 0 Å². The number of nitrogens with two attached hydrogens (primary N) is 1. The molecule has 5 heteroatoms. The monoisotopic (exact) mass is 277 g/mol. The van der Waals surface area contributed by atoms with Crippen molar-refractivity contribution in [3.63, 3.8) is 0 Å². The molecule has 0 bridgehead atoms. The van der Waals surface area contributed by atoms with Gasteiger partial charge < -0.3 is 10.5 Å². The lowest BCUT2D eigenvalue weighted by Crippen LogP contribution is -2.02. The summed E-state index contributed by atoms with van der Waals surface area (Å²) in [5.74, 6) is 1.51. The lowest BCUT2D eigenvalue weighted by molar-refractivity contribution is 0.454. The molecule has 2 N–H and O–H groups in total. The van der Waals surface area contributed by atoms with Crippen LogP contribution in [0.1, 0.15) is 24.5 Å². The Kier molecular flexibility index (Phi) is 4.22. The zero-order valence-electron chi connectivity index (χ0n) is 11.0. The molecule has 2 rings (SSSR count). The highest BCUT2D eigenvalue weighted by Gasteiger charge is 2.12. The van der Waals surface area contributed by atoms with Crippen molar-refractivity contribution in [1.29, 1.82) is 0 Å². The Hall–Kier alpha value is -1.81. The number of aryl methyl sites for hydroxylation is 1. The Morgan fingerprint density at radius 3 is 2.84 bits per heavy atom. The number of ether oxygens (including phenoxy) is 1. The second-order valence-electron chi connectivity index (χ2n) is 4.33. The Balaban J connectivity index is 2.37. The van der Waals surface area contributed by atoms with Crippen molar-refractivity contribution in [1.82, 2.24) is 9.97 Å². The Bertz CT molecular complexity index is 587. The molecule has 0 spiro atoms. The molecule has 0 unspecified atom stereocenters. The SMILES string of the molecule is CCCc1c(N)ncnc1Oc1cc(C)ccc1Cl. The van der Waals surface area contributed by atoms with Crippen molar-refractivity contribution in [2.45, 2.75) is 26.7 Å². The lowest BCUT2D eigenvalue weighted by Gasteiger charge is -2.12. The molecule has 0 fully saturated rings. The van der Waals surface area contributed by atoms with Gasteiger partial charge in [-0.1, -0.05) is 31.0 Å². The third kappa shape index (κ3) is 3.15. The number of aromatic nitrogens is 2. The molecule has 0 saturated heterocycles. The first-order chi connectivity index (χ1) is 9.11. The van der Waals surface area contributed by atoms with E-state index in [9.17, 15) is 0 Å². The molecule has 1 aromatic carbocycles. The number of halogens is 1. The van der Waals surface area contributed by atoms with Gasteiger partial charge >= 0.3 is 0 Å². The van der Waals surface area contributed by atoms with Crippen LogP contribution in [0.25, 0.3) is 0 Å². The van der Waals surface area contributed by atoms with Crippen molar-refractivity contribution in [2.75, 3.05) is 5.73 Å². The first-order valence-corrected chi connectivity index (χ1v) is 6.53. The number of rotatable bonds is 4. The minimum Gasteiger partial charge on any atom is -0.437 e. The standard InChI is InChI=1S/C14H16ClN3O/c1-3-4-10-13(16)17-8-18-14(10)19-12-7-9(2)5-6-11(12)15/h5-8H,3-4H2,1-2H3,(H2,16,17,18). The zero-order chi connectivity index (χ0) is 13.8. The van der Waals surface area contributed by atoms with Crippen LogP contribution < -0.4 is 10.5 Å². The molecule has 4 nitrogen and oxygen atoms in total. The van der Waals surface area contributed by atoms with Crippen molar-refractivity contribution in [2.24, 2.45) is 0 Å². The largest absolute Gasteiger partial charge is 0.437 e. The van der Waals surface area contributed by atoms with Crippen LogP contribution in [0.15, 0.2) is 24.5 Å². The molecular weight excluding hydrogens is 262 g/mol. The van der Waals surface area contributed by atoms with Gasteiger partial charge in [-0.15, -0.1) is 0 Å². The fourth-order valence-corrected chi connectivity index (χ4v) is 1.93. The summed E-state index contributed by atoms with van der Waals surface area (Å²) < 4.78 is 5.79. The maximum Gasteiger partial charge on any atom is 0.227 e. The Morgan fingerprint density at radius 2 is 2.11 bits per heavy atom. The third-order valence-electron chi connectivity index (χ3n) is 2.73. The van der Waals surface area contributed by atoms with E-state index in [2.05, 4.69) is 16.9 Å². The number of hydrogen-bond donors (Lipinski definition) is 1. The van der Waals surface area contributed by atoms with E-state index in [-0.39, 0.29) is 0 Å². The molecule has 1 aromatic heterocycles. The van der Waals surface area contributed by atoms with Gasteiger partial charge in [0.05, 0.1) is 10.6 Å². The van der Waals surface area contributed by atoms with Gasteiger partial charge in [-0.3, -0.25) is 0 Å². The smallest absolute Gasteiger partial charge is 0.227 e. The minimum atomic E-state index is 0.454. The number of nitrogen functional groups attached to an aromatic ring is 1. The molecule has 0 aliphatic carbocycles. The number of nitrogens with zero attached hydrogens (tertiary/aromatic N) is 2. The molecule has 0 radical (unpaired) electrons. The van der Waals surface area contributed by atoms with Gasteiger partial charge in [0, 0.05) is 0 Å². The van der Waals surface area contributed by atoms with Crippen LogP contribution in [-0.2, 0) is 6.42 Å². The summed E-state index contributed by atoms with van der Waals surface area (Å²) in [7, 11) is 0. The van der Waals surface area contributed by atoms with Crippen LogP contribution in [0.2, 0.25) is 5.02 Å². The van der Waals surface area contributed by atoms with Crippen molar-refractivity contribution >= 4 is 17.4 Å². The van der Waals surface area contributed by atoms with E-state index in [4.69, 9.17) is 22.1 Å². The molecule has 0 aliphatic rings. The van der Waals surface area contributed by atoms with Gasteiger partial charge in [0.1, 0.15) is 17.9 Å². The van der Waals surface area contributed by atoms with E-state index in [1.54, 1.807) is 6.07 Å². The van der Waals surface area contributed by atoms with Gasteiger partial charge in [0.2, 0.25) is 5.88 Å². The maximum atomic E-state index is 6.12. The molecule has 2 aromatic rings. The summed E-state index contributed by atoms with van der Waals surface area (Å²) in [5.41, 5.74) is 7.75. The average Bonchev–Trinajstić information content (AvgIpc) is 2.38. The summed E-state index contributed by atoms with van der Waals surface area (Å²) in [6.07, 6.45) is 3.11. The molecule has 19 heavy (non-hydrogen) atoms. The van der Waals surface area contributed by atoms with E-state index >= 15 is 0 Å². The zero-order valence-corrected chi connectivity index (χ0v) is 11.7. The highest BCUT2D eigenvalue weighted by atomic mass is 35.5. The molecule has 0 aliphatic heterocycles. The van der Waals surface area contributed by atoms with E-state index in [1.165, 1.54) is 6.33 Å². The average molecular weight is 278 g/mol. The van der Waals surface area contributed by atoms with Crippen molar-refractivity contribution < 1.29 is 4.74 Å². The molecule has 1 heterocycles. The summed E-state index contributed by atoms with van der Waals surface area (Å²) in [4.78, 5) is 8.15. The second kappa shape index (κ2) is 5.89. The predicted molar refractivity (Wildman–Crippen MR) is 76.7 cm³/mol. The van der Waals surface area contributed by atoms with E-state index in [1.807, 2.05) is 19.1 Å². The van der Waals surface area contributed by atoms with Crippen molar-refractivity contribution in [3.8, 4) is 11.6 Å². The minimum absolute atomic E-state index is 0.454. The fourth-order valence-electron chi connectivity index (χ4n) is 1.77. The Labute approximate surface area is 117 Å². The van der Waals surface area contributed by atoms with Crippen LogP contribution in [0, 0.1) is 6.92 Å². The first-order valence-electron chi connectivity index (χ1n) is 6.15. The van der Waals surface area contributed by atoms with E-state index in [0.717, 1.165) is 24.0 Å². The molecule has 0 saturated carbocycles. The van der Waals surface area contributed by atoms with Gasteiger partial charge in [-0.05, 0) is 31.0 Å². The quantitative estimate of drug-likeness (QED) is 0.924.